The highest BCUT2D eigenvalue weighted by Crippen LogP contribution is 2.29. The number of hydrogen-bond acceptors (Lipinski definition) is 5. The van der Waals surface area contributed by atoms with Crippen molar-refractivity contribution in [3.8, 4) is 0 Å². The Balaban J connectivity index is 1.63. The summed E-state index contributed by atoms with van der Waals surface area (Å²) in [5, 5.41) is 7.61. The van der Waals surface area contributed by atoms with E-state index >= 15 is 0 Å². The molecule has 0 unspecified atom stereocenters. The molecule has 138 valence electrons. The zero-order valence-corrected chi connectivity index (χ0v) is 15.1. The molecule has 0 aromatic carbocycles. The molecule has 4 heterocycles. The predicted octanol–water partition coefficient (Wildman–Crippen LogP) is 1.98. The summed E-state index contributed by atoms with van der Waals surface area (Å²) >= 11 is 0. The molecule has 0 fully saturated rings. The van der Waals surface area contributed by atoms with Gasteiger partial charge in [0, 0.05) is 31.5 Å². The summed E-state index contributed by atoms with van der Waals surface area (Å²) in [4.78, 5) is 29.2. The largest absolute Gasteiger partial charge is 0.459 e. The van der Waals surface area contributed by atoms with Gasteiger partial charge in [-0.25, -0.2) is 4.68 Å². The van der Waals surface area contributed by atoms with Gasteiger partial charge in [0.2, 0.25) is 5.91 Å². The number of amides is 1. The van der Waals surface area contributed by atoms with Gasteiger partial charge in [0.15, 0.2) is 5.58 Å². The first-order valence-corrected chi connectivity index (χ1v) is 8.72. The van der Waals surface area contributed by atoms with Crippen LogP contribution in [0.4, 0.5) is 0 Å². The molecule has 1 amide bonds. The van der Waals surface area contributed by atoms with E-state index in [9.17, 15) is 9.59 Å². The molecule has 27 heavy (non-hydrogen) atoms. The molecule has 8 heteroatoms. The Morgan fingerprint density at radius 3 is 2.93 bits per heavy atom. The number of carbonyl (C=O) groups excluding carboxylic acids is 1. The number of nitrogens with one attached hydrogen (secondary N) is 1. The average Bonchev–Trinajstić information content (AvgIpc) is 3.18. The van der Waals surface area contributed by atoms with Crippen molar-refractivity contribution in [3.63, 3.8) is 0 Å². The second-order valence-electron chi connectivity index (χ2n) is 6.32. The van der Waals surface area contributed by atoms with Gasteiger partial charge in [-0.3, -0.25) is 14.6 Å². The summed E-state index contributed by atoms with van der Waals surface area (Å²) in [6.07, 6.45) is 4.94. The lowest BCUT2D eigenvalue weighted by Crippen LogP contribution is -2.33. The van der Waals surface area contributed by atoms with E-state index in [1.54, 1.807) is 24.7 Å². The molecule has 0 atom stereocenters. The lowest BCUT2D eigenvalue weighted by Gasteiger charge is -2.08. The number of aromatic nitrogens is 4. The van der Waals surface area contributed by atoms with Crippen LogP contribution in [0.2, 0.25) is 0 Å². The number of pyridine rings is 1. The van der Waals surface area contributed by atoms with Crippen molar-refractivity contribution < 1.29 is 9.21 Å². The minimum absolute atomic E-state index is 0.148. The number of carbonyl (C=O) groups is 1. The van der Waals surface area contributed by atoms with Crippen LogP contribution in [0.5, 0.6) is 0 Å². The Labute approximate surface area is 154 Å². The van der Waals surface area contributed by atoms with Crippen LogP contribution in [-0.2, 0) is 24.4 Å². The van der Waals surface area contributed by atoms with Crippen LogP contribution in [0, 0.1) is 6.92 Å². The maximum absolute atomic E-state index is 12.9. The van der Waals surface area contributed by atoms with Gasteiger partial charge < -0.3 is 14.3 Å². The Hall–Kier alpha value is -3.42. The van der Waals surface area contributed by atoms with Crippen molar-refractivity contribution >= 4 is 27.9 Å². The quantitative estimate of drug-likeness (QED) is 0.583. The zero-order chi connectivity index (χ0) is 19.0. The molecule has 0 aliphatic rings. The summed E-state index contributed by atoms with van der Waals surface area (Å²) in [5.74, 6) is 0.491. The lowest BCUT2D eigenvalue weighted by atomic mass is 10.3. The Kier molecular flexibility index (Phi) is 4.23. The van der Waals surface area contributed by atoms with Gasteiger partial charge in [-0.15, -0.1) is 0 Å². The first-order valence-electron chi connectivity index (χ1n) is 8.72. The van der Waals surface area contributed by atoms with E-state index in [4.69, 9.17) is 4.42 Å². The first-order chi connectivity index (χ1) is 13.1. The molecule has 0 aliphatic carbocycles. The maximum Gasteiger partial charge on any atom is 0.291 e. The van der Waals surface area contributed by atoms with Gasteiger partial charge in [0.05, 0.1) is 17.1 Å². The molecular formula is C19H19N5O3. The fraction of sp³-hybridized carbons (Fsp3) is 0.263. The number of rotatable bonds is 5. The van der Waals surface area contributed by atoms with E-state index in [0.29, 0.717) is 29.6 Å². The maximum atomic E-state index is 12.9. The molecule has 0 bridgehead atoms. The average molecular weight is 365 g/mol. The fourth-order valence-electron chi connectivity index (χ4n) is 3.26. The van der Waals surface area contributed by atoms with E-state index < -0.39 is 0 Å². The predicted molar refractivity (Wildman–Crippen MR) is 100 cm³/mol. The van der Waals surface area contributed by atoms with E-state index in [2.05, 4.69) is 15.4 Å². The van der Waals surface area contributed by atoms with Crippen molar-refractivity contribution in [2.24, 2.45) is 0 Å². The molecule has 0 saturated heterocycles. The zero-order valence-electron chi connectivity index (χ0n) is 15.1. The summed E-state index contributed by atoms with van der Waals surface area (Å²) in [5.41, 5.74) is 2.60. The van der Waals surface area contributed by atoms with E-state index in [0.717, 1.165) is 16.8 Å². The minimum Gasteiger partial charge on any atom is -0.459 e. The van der Waals surface area contributed by atoms with Gasteiger partial charge in [-0.2, -0.15) is 5.10 Å². The highest BCUT2D eigenvalue weighted by Gasteiger charge is 2.19. The third kappa shape index (κ3) is 2.99. The second kappa shape index (κ2) is 6.71. The van der Waals surface area contributed by atoms with E-state index in [1.807, 2.05) is 30.5 Å². The van der Waals surface area contributed by atoms with Crippen molar-refractivity contribution in [1.29, 1.82) is 0 Å². The van der Waals surface area contributed by atoms with Crippen LogP contribution in [0.25, 0.3) is 22.0 Å². The third-order valence-electron chi connectivity index (χ3n) is 4.48. The van der Waals surface area contributed by atoms with Gasteiger partial charge in [0.1, 0.15) is 17.8 Å². The standard InChI is InChI=1S/C19H19N5O3/c1-3-23-15-7-12(2)27-18(15)14-10-22-24(19(26)17(14)23)11-16(25)21-9-13-5-4-6-20-8-13/h4-8,10H,3,9,11H2,1-2H3,(H,21,25). The van der Waals surface area contributed by atoms with Crippen LogP contribution in [-0.4, -0.2) is 25.2 Å². The summed E-state index contributed by atoms with van der Waals surface area (Å²) in [7, 11) is 0. The lowest BCUT2D eigenvalue weighted by molar-refractivity contribution is -0.122. The third-order valence-corrected chi connectivity index (χ3v) is 4.48. The van der Waals surface area contributed by atoms with E-state index in [1.165, 1.54) is 4.68 Å². The van der Waals surface area contributed by atoms with Gasteiger partial charge in [0.25, 0.3) is 5.56 Å². The Bertz CT molecular complexity index is 1190. The Morgan fingerprint density at radius 1 is 1.33 bits per heavy atom. The van der Waals surface area contributed by atoms with Crippen molar-refractivity contribution in [2.75, 3.05) is 0 Å². The molecule has 0 radical (unpaired) electrons. The SMILES string of the molecule is CCn1c2cc(C)oc2c2cnn(CC(=O)NCc3cccnc3)c(=O)c21. The molecule has 0 aliphatic heterocycles. The normalized spacial score (nSPS) is 11.3. The second-order valence-corrected chi connectivity index (χ2v) is 6.32. The van der Waals surface area contributed by atoms with Gasteiger partial charge in [-0.1, -0.05) is 6.07 Å². The number of aryl methyl sites for hydroxylation is 2. The van der Waals surface area contributed by atoms with Gasteiger partial charge >= 0.3 is 0 Å². The number of furan rings is 1. The van der Waals surface area contributed by atoms with Crippen molar-refractivity contribution in [1.82, 2.24) is 24.6 Å². The van der Waals surface area contributed by atoms with Crippen LogP contribution in [0.1, 0.15) is 18.2 Å². The fourth-order valence-corrected chi connectivity index (χ4v) is 3.26. The highest BCUT2D eigenvalue weighted by atomic mass is 16.3. The molecule has 1 N–H and O–H groups in total. The van der Waals surface area contributed by atoms with Crippen LogP contribution >= 0.6 is 0 Å². The molecule has 4 rings (SSSR count). The highest BCUT2D eigenvalue weighted by molar-refractivity contribution is 6.04. The first kappa shape index (κ1) is 17.0. The molecule has 4 aromatic heterocycles. The van der Waals surface area contributed by atoms with Crippen LogP contribution in [0.3, 0.4) is 0 Å². The summed E-state index contributed by atoms with van der Waals surface area (Å²) < 4.78 is 8.81. The monoisotopic (exact) mass is 365 g/mol. The summed E-state index contributed by atoms with van der Waals surface area (Å²) in [6.45, 7) is 4.65. The van der Waals surface area contributed by atoms with Crippen molar-refractivity contribution in [3.05, 3.63) is 58.5 Å². The molecule has 0 saturated carbocycles. The van der Waals surface area contributed by atoms with Crippen LogP contribution in [0.15, 0.2) is 46.0 Å². The molecule has 4 aromatic rings. The molecule has 8 nitrogen and oxygen atoms in total. The topological polar surface area (TPSA) is 94.9 Å². The number of hydrogen-bond donors (Lipinski definition) is 1. The molecule has 0 spiro atoms. The molecular weight excluding hydrogens is 346 g/mol. The number of fused-ring (bicyclic) bond motifs is 3. The van der Waals surface area contributed by atoms with Gasteiger partial charge in [-0.05, 0) is 25.5 Å². The minimum atomic E-state index is -0.310. The summed E-state index contributed by atoms with van der Waals surface area (Å²) in [6, 6.07) is 5.58. The Morgan fingerprint density at radius 2 is 2.19 bits per heavy atom. The smallest absolute Gasteiger partial charge is 0.291 e. The van der Waals surface area contributed by atoms with Crippen molar-refractivity contribution in [2.45, 2.75) is 33.5 Å². The van der Waals surface area contributed by atoms with E-state index in [-0.39, 0.29) is 18.0 Å². The van der Waals surface area contributed by atoms with Crippen LogP contribution < -0.4 is 10.9 Å². The number of nitrogens with zero attached hydrogens (tertiary/aromatic N) is 4.